The van der Waals surface area contributed by atoms with Crippen LogP contribution in [0.25, 0.3) is 0 Å². The predicted octanol–water partition coefficient (Wildman–Crippen LogP) is 0.0538. The third-order valence-corrected chi connectivity index (χ3v) is 1.85. The fourth-order valence-electron chi connectivity index (χ4n) is 1.04. The Morgan fingerprint density at radius 1 is 1.40 bits per heavy atom. The standard InChI is InChI=1S/C10H20N2O3/c1-4-5-9(13)12-8(2)10(14)11-6-7-15-3/h8H,4-7H2,1-3H3,(H,11,14)(H,12,13). The van der Waals surface area contributed by atoms with Crippen molar-refractivity contribution in [2.75, 3.05) is 20.3 Å². The molecule has 0 aromatic carbocycles. The predicted molar refractivity (Wildman–Crippen MR) is 57.4 cm³/mol. The van der Waals surface area contributed by atoms with E-state index in [9.17, 15) is 9.59 Å². The number of nitrogens with one attached hydrogen (secondary N) is 2. The van der Waals surface area contributed by atoms with E-state index in [4.69, 9.17) is 4.74 Å². The van der Waals surface area contributed by atoms with Crippen LogP contribution in [-0.4, -0.2) is 38.1 Å². The van der Waals surface area contributed by atoms with Crippen molar-refractivity contribution in [2.24, 2.45) is 0 Å². The molecule has 1 unspecified atom stereocenters. The van der Waals surface area contributed by atoms with E-state index in [1.165, 1.54) is 0 Å². The highest BCUT2D eigenvalue weighted by Crippen LogP contribution is 1.89. The number of hydrogen-bond donors (Lipinski definition) is 2. The van der Waals surface area contributed by atoms with Gasteiger partial charge in [-0.1, -0.05) is 6.92 Å². The third kappa shape index (κ3) is 6.90. The van der Waals surface area contributed by atoms with Gasteiger partial charge in [0.05, 0.1) is 6.61 Å². The van der Waals surface area contributed by atoms with Crippen LogP contribution < -0.4 is 10.6 Å². The van der Waals surface area contributed by atoms with E-state index in [1.54, 1.807) is 14.0 Å². The minimum atomic E-state index is -0.485. The molecule has 0 aromatic heterocycles. The number of carbonyl (C=O) groups is 2. The second-order valence-electron chi connectivity index (χ2n) is 3.32. The lowest BCUT2D eigenvalue weighted by molar-refractivity contribution is -0.128. The van der Waals surface area contributed by atoms with Crippen molar-refractivity contribution in [1.29, 1.82) is 0 Å². The van der Waals surface area contributed by atoms with Gasteiger partial charge in [0.2, 0.25) is 11.8 Å². The minimum Gasteiger partial charge on any atom is -0.383 e. The van der Waals surface area contributed by atoms with Crippen LogP contribution in [0.2, 0.25) is 0 Å². The summed E-state index contributed by atoms with van der Waals surface area (Å²) in [4.78, 5) is 22.5. The maximum Gasteiger partial charge on any atom is 0.242 e. The summed E-state index contributed by atoms with van der Waals surface area (Å²) in [6.07, 6.45) is 1.24. The summed E-state index contributed by atoms with van der Waals surface area (Å²) in [5.74, 6) is -0.275. The van der Waals surface area contributed by atoms with Crippen molar-refractivity contribution in [2.45, 2.75) is 32.7 Å². The van der Waals surface area contributed by atoms with Crippen LogP contribution in [0.3, 0.4) is 0 Å². The zero-order valence-corrected chi connectivity index (χ0v) is 9.63. The zero-order valence-electron chi connectivity index (χ0n) is 9.63. The smallest absolute Gasteiger partial charge is 0.242 e. The fraction of sp³-hybridized carbons (Fsp3) is 0.800. The molecule has 2 N–H and O–H groups in total. The molecule has 5 nitrogen and oxygen atoms in total. The highest BCUT2D eigenvalue weighted by molar-refractivity contribution is 5.87. The molecule has 15 heavy (non-hydrogen) atoms. The topological polar surface area (TPSA) is 67.4 Å². The molecule has 5 heteroatoms. The molecule has 0 heterocycles. The molecule has 0 aliphatic carbocycles. The number of hydrogen-bond acceptors (Lipinski definition) is 3. The summed E-state index contributed by atoms with van der Waals surface area (Å²) in [6.45, 7) is 4.52. The SMILES string of the molecule is CCCC(=O)NC(C)C(=O)NCCOC. The average Bonchev–Trinajstić information content (AvgIpc) is 2.18. The van der Waals surface area contributed by atoms with E-state index in [0.717, 1.165) is 6.42 Å². The summed E-state index contributed by atoms with van der Waals surface area (Å²) in [5.41, 5.74) is 0. The van der Waals surface area contributed by atoms with Crippen molar-refractivity contribution in [3.05, 3.63) is 0 Å². The number of ether oxygens (including phenoxy) is 1. The lowest BCUT2D eigenvalue weighted by atomic mass is 10.2. The van der Waals surface area contributed by atoms with Crippen LogP contribution in [0.5, 0.6) is 0 Å². The maximum absolute atomic E-state index is 11.4. The molecule has 0 aromatic rings. The molecule has 0 spiro atoms. The van der Waals surface area contributed by atoms with Crippen LogP contribution >= 0.6 is 0 Å². The van der Waals surface area contributed by atoms with Gasteiger partial charge in [-0.15, -0.1) is 0 Å². The molecule has 0 saturated heterocycles. The Morgan fingerprint density at radius 3 is 2.60 bits per heavy atom. The maximum atomic E-state index is 11.4. The van der Waals surface area contributed by atoms with Gasteiger partial charge in [-0.2, -0.15) is 0 Å². The van der Waals surface area contributed by atoms with E-state index in [1.807, 2.05) is 6.92 Å². The third-order valence-electron chi connectivity index (χ3n) is 1.85. The summed E-state index contributed by atoms with van der Waals surface area (Å²) in [7, 11) is 1.57. The highest BCUT2D eigenvalue weighted by Gasteiger charge is 2.13. The second kappa shape index (κ2) is 8.23. The first-order chi connectivity index (χ1) is 7.11. The van der Waals surface area contributed by atoms with Gasteiger partial charge < -0.3 is 15.4 Å². The number of carbonyl (C=O) groups excluding carboxylic acids is 2. The molecule has 0 bridgehead atoms. The van der Waals surface area contributed by atoms with Gasteiger partial charge in [-0.05, 0) is 13.3 Å². The lowest BCUT2D eigenvalue weighted by Gasteiger charge is -2.13. The first kappa shape index (κ1) is 13.9. The van der Waals surface area contributed by atoms with E-state index in [2.05, 4.69) is 10.6 Å². The Bertz CT molecular complexity index is 207. The monoisotopic (exact) mass is 216 g/mol. The van der Waals surface area contributed by atoms with Gasteiger partial charge in [-0.3, -0.25) is 9.59 Å². The first-order valence-electron chi connectivity index (χ1n) is 5.17. The summed E-state index contributed by atoms with van der Waals surface area (Å²) >= 11 is 0. The van der Waals surface area contributed by atoms with Crippen LogP contribution in [0.4, 0.5) is 0 Å². The lowest BCUT2D eigenvalue weighted by Crippen LogP contribution is -2.45. The van der Waals surface area contributed by atoms with Gasteiger partial charge in [0, 0.05) is 20.1 Å². The quantitative estimate of drug-likeness (QED) is 0.591. The van der Waals surface area contributed by atoms with Crippen LogP contribution in [0.15, 0.2) is 0 Å². The van der Waals surface area contributed by atoms with Crippen LogP contribution in [-0.2, 0) is 14.3 Å². The van der Waals surface area contributed by atoms with Crippen molar-refractivity contribution in [1.82, 2.24) is 10.6 Å². The number of amides is 2. The van der Waals surface area contributed by atoms with Gasteiger partial charge >= 0.3 is 0 Å². The van der Waals surface area contributed by atoms with E-state index >= 15 is 0 Å². The second-order valence-corrected chi connectivity index (χ2v) is 3.32. The summed E-state index contributed by atoms with van der Waals surface area (Å²) < 4.78 is 4.79. The molecule has 88 valence electrons. The van der Waals surface area contributed by atoms with Crippen LogP contribution in [0.1, 0.15) is 26.7 Å². The highest BCUT2D eigenvalue weighted by atomic mass is 16.5. The van der Waals surface area contributed by atoms with Gasteiger partial charge in [-0.25, -0.2) is 0 Å². The van der Waals surface area contributed by atoms with Gasteiger partial charge in [0.1, 0.15) is 6.04 Å². The van der Waals surface area contributed by atoms with Crippen molar-refractivity contribution >= 4 is 11.8 Å². The van der Waals surface area contributed by atoms with Crippen molar-refractivity contribution < 1.29 is 14.3 Å². The number of rotatable bonds is 7. The molecule has 0 aliphatic rings. The molecular formula is C10H20N2O3. The largest absolute Gasteiger partial charge is 0.383 e. The molecule has 0 fully saturated rings. The Kier molecular flexibility index (Phi) is 7.62. The Balaban J connectivity index is 3.73. The minimum absolute atomic E-state index is 0.0908. The Hall–Kier alpha value is -1.10. The molecule has 0 aliphatic heterocycles. The van der Waals surface area contributed by atoms with Gasteiger partial charge in [0.25, 0.3) is 0 Å². The van der Waals surface area contributed by atoms with Crippen LogP contribution in [0, 0.1) is 0 Å². The van der Waals surface area contributed by atoms with E-state index in [-0.39, 0.29) is 11.8 Å². The number of methoxy groups -OCH3 is 1. The van der Waals surface area contributed by atoms with Crippen molar-refractivity contribution in [3.63, 3.8) is 0 Å². The molecule has 0 radical (unpaired) electrons. The average molecular weight is 216 g/mol. The van der Waals surface area contributed by atoms with E-state index < -0.39 is 6.04 Å². The summed E-state index contributed by atoms with van der Waals surface area (Å²) in [6, 6.07) is -0.485. The molecule has 2 amide bonds. The van der Waals surface area contributed by atoms with Crippen molar-refractivity contribution in [3.8, 4) is 0 Å². The Morgan fingerprint density at radius 2 is 2.07 bits per heavy atom. The normalized spacial score (nSPS) is 11.9. The first-order valence-corrected chi connectivity index (χ1v) is 5.17. The molecule has 0 rings (SSSR count). The summed E-state index contributed by atoms with van der Waals surface area (Å²) in [5, 5.41) is 5.27. The fourth-order valence-corrected chi connectivity index (χ4v) is 1.04. The Labute approximate surface area is 90.6 Å². The molecule has 1 atom stereocenters. The zero-order chi connectivity index (χ0) is 11.7. The molecule has 0 saturated carbocycles. The van der Waals surface area contributed by atoms with E-state index in [0.29, 0.717) is 19.6 Å². The van der Waals surface area contributed by atoms with Gasteiger partial charge in [0.15, 0.2) is 0 Å². The molecular weight excluding hydrogens is 196 g/mol.